The maximum absolute atomic E-state index is 13.0. The summed E-state index contributed by atoms with van der Waals surface area (Å²) in [6, 6.07) is 5.43. The Balaban J connectivity index is 1.61. The topological polar surface area (TPSA) is 99.2 Å². The predicted molar refractivity (Wildman–Crippen MR) is 124 cm³/mol. The molecule has 0 saturated heterocycles. The van der Waals surface area contributed by atoms with E-state index in [1.54, 1.807) is 18.2 Å². The molecule has 2 aromatic rings. The number of nitrogens with one attached hydrogen (secondary N) is 3. The Morgan fingerprint density at radius 1 is 1.26 bits per heavy atom. The summed E-state index contributed by atoms with van der Waals surface area (Å²) >= 11 is 12.4. The lowest BCUT2D eigenvalue weighted by Gasteiger charge is -2.21. The molecule has 9 heteroatoms. The van der Waals surface area contributed by atoms with Crippen molar-refractivity contribution in [1.29, 1.82) is 0 Å². The number of amides is 1. The summed E-state index contributed by atoms with van der Waals surface area (Å²) in [5, 5.41) is 20.7. The van der Waals surface area contributed by atoms with Crippen LogP contribution in [0.5, 0.6) is 0 Å². The molecular weight excluding hydrogens is 437 g/mol. The molecule has 0 spiro atoms. The summed E-state index contributed by atoms with van der Waals surface area (Å²) in [7, 11) is 0. The Bertz CT molecular complexity index is 925. The summed E-state index contributed by atoms with van der Waals surface area (Å²) in [6.45, 7) is 7.48. The first-order valence-electron chi connectivity index (χ1n) is 10.5. The number of anilines is 1. The van der Waals surface area contributed by atoms with Crippen molar-refractivity contribution in [2.24, 2.45) is 0 Å². The van der Waals surface area contributed by atoms with E-state index in [0.717, 1.165) is 11.1 Å². The van der Waals surface area contributed by atoms with Gasteiger partial charge in [-0.2, -0.15) is 0 Å². The quantitative estimate of drug-likeness (QED) is 0.422. The number of halogens is 2. The Morgan fingerprint density at radius 3 is 2.74 bits per heavy atom. The Kier molecular flexibility index (Phi) is 8.11. The number of carbonyl (C=O) groups is 1. The molecule has 1 unspecified atom stereocenters. The first-order valence-corrected chi connectivity index (χ1v) is 11.3. The number of hydrogen-bond donors (Lipinski definition) is 4. The number of nitrogens with zero attached hydrogens (tertiary/aromatic N) is 2. The zero-order chi connectivity index (χ0) is 22.5. The monoisotopic (exact) mass is 465 g/mol. The summed E-state index contributed by atoms with van der Waals surface area (Å²) < 4.78 is 0. The van der Waals surface area contributed by atoms with E-state index < -0.39 is 12.0 Å². The van der Waals surface area contributed by atoms with Crippen molar-refractivity contribution in [2.75, 3.05) is 25.0 Å². The van der Waals surface area contributed by atoms with Gasteiger partial charge in [-0.15, -0.1) is 0 Å². The highest BCUT2D eigenvalue weighted by Gasteiger charge is 2.31. The van der Waals surface area contributed by atoms with Crippen LogP contribution in [-0.4, -0.2) is 46.7 Å². The minimum absolute atomic E-state index is 0.115. The van der Waals surface area contributed by atoms with Crippen LogP contribution in [0.1, 0.15) is 62.0 Å². The SMILES string of the molecule is CC(C)NCC(C(=O)NCCNc1ncnc2c1[C@H](C)C[C@H]2O)c1ccc(Cl)cc1Cl. The highest BCUT2D eigenvalue weighted by Crippen LogP contribution is 2.41. The lowest BCUT2D eigenvalue weighted by atomic mass is 9.97. The van der Waals surface area contributed by atoms with Gasteiger partial charge in [0.2, 0.25) is 5.91 Å². The highest BCUT2D eigenvalue weighted by molar-refractivity contribution is 6.35. The second-order valence-corrected chi connectivity index (χ2v) is 9.02. The lowest BCUT2D eigenvalue weighted by molar-refractivity contribution is -0.122. The molecule has 1 aliphatic carbocycles. The molecule has 0 saturated carbocycles. The minimum atomic E-state index is -0.549. The largest absolute Gasteiger partial charge is 0.387 e. The zero-order valence-electron chi connectivity index (χ0n) is 18.0. The fourth-order valence-electron chi connectivity index (χ4n) is 3.84. The van der Waals surface area contributed by atoms with Gasteiger partial charge in [-0.05, 0) is 30.0 Å². The maximum Gasteiger partial charge on any atom is 0.228 e. The van der Waals surface area contributed by atoms with E-state index in [1.807, 2.05) is 20.8 Å². The highest BCUT2D eigenvalue weighted by atomic mass is 35.5. The Morgan fingerprint density at radius 2 is 2.03 bits per heavy atom. The third kappa shape index (κ3) is 5.86. The molecule has 168 valence electrons. The van der Waals surface area contributed by atoms with Crippen LogP contribution in [0.4, 0.5) is 5.82 Å². The molecule has 0 bridgehead atoms. The van der Waals surface area contributed by atoms with Gasteiger partial charge in [0.1, 0.15) is 12.1 Å². The molecule has 1 amide bonds. The second kappa shape index (κ2) is 10.6. The van der Waals surface area contributed by atoms with Crippen molar-refractivity contribution < 1.29 is 9.90 Å². The summed E-state index contributed by atoms with van der Waals surface area (Å²) in [6.07, 6.45) is 1.55. The molecule has 0 aliphatic heterocycles. The molecule has 1 heterocycles. The number of aliphatic hydroxyl groups is 1. The van der Waals surface area contributed by atoms with Gasteiger partial charge in [0, 0.05) is 41.3 Å². The van der Waals surface area contributed by atoms with Crippen molar-refractivity contribution in [1.82, 2.24) is 20.6 Å². The van der Waals surface area contributed by atoms with Crippen LogP contribution >= 0.6 is 23.2 Å². The van der Waals surface area contributed by atoms with E-state index >= 15 is 0 Å². The normalized spacial score (nSPS) is 18.7. The smallest absolute Gasteiger partial charge is 0.228 e. The predicted octanol–water partition coefficient (Wildman–Crippen LogP) is 3.63. The third-order valence-corrected chi connectivity index (χ3v) is 5.96. The number of benzene rings is 1. The van der Waals surface area contributed by atoms with Crippen molar-refractivity contribution in [3.63, 3.8) is 0 Å². The van der Waals surface area contributed by atoms with Gasteiger partial charge in [0.05, 0.1) is 17.7 Å². The Labute approximate surface area is 193 Å². The molecule has 7 nitrogen and oxygen atoms in total. The molecule has 4 N–H and O–H groups in total. The molecule has 31 heavy (non-hydrogen) atoms. The molecule has 0 fully saturated rings. The average molecular weight is 466 g/mol. The van der Waals surface area contributed by atoms with Crippen molar-refractivity contribution in [3.8, 4) is 0 Å². The van der Waals surface area contributed by atoms with Crippen LogP contribution in [-0.2, 0) is 4.79 Å². The van der Waals surface area contributed by atoms with Gasteiger partial charge in [0.25, 0.3) is 0 Å². The number of rotatable bonds is 9. The van der Waals surface area contributed by atoms with E-state index in [2.05, 4.69) is 25.9 Å². The van der Waals surface area contributed by atoms with Gasteiger partial charge in [-0.3, -0.25) is 4.79 Å². The van der Waals surface area contributed by atoms with Crippen molar-refractivity contribution in [3.05, 3.63) is 51.4 Å². The molecule has 0 radical (unpaired) electrons. The minimum Gasteiger partial charge on any atom is -0.387 e. The fourth-order valence-corrected chi connectivity index (χ4v) is 4.38. The Hall–Kier alpha value is -1.93. The van der Waals surface area contributed by atoms with Gasteiger partial charge in [0.15, 0.2) is 0 Å². The van der Waals surface area contributed by atoms with E-state index in [1.165, 1.54) is 6.33 Å². The fraction of sp³-hybridized carbons (Fsp3) is 0.500. The van der Waals surface area contributed by atoms with E-state index in [4.69, 9.17) is 23.2 Å². The third-order valence-electron chi connectivity index (χ3n) is 5.40. The summed E-state index contributed by atoms with van der Waals surface area (Å²) in [5.41, 5.74) is 2.38. The number of fused-ring (bicyclic) bond motifs is 1. The average Bonchev–Trinajstić information content (AvgIpc) is 3.01. The van der Waals surface area contributed by atoms with Crippen molar-refractivity contribution >= 4 is 34.9 Å². The van der Waals surface area contributed by atoms with Crippen molar-refractivity contribution in [2.45, 2.75) is 51.2 Å². The molecule has 1 aromatic heterocycles. The first kappa shape index (κ1) is 23.7. The molecule has 1 aliphatic rings. The molecule has 3 rings (SSSR count). The van der Waals surface area contributed by atoms with Gasteiger partial charge >= 0.3 is 0 Å². The van der Waals surface area contributed by atoms with Gasteiger partial charge in [-0.1, -0.05) is 50.0 Å². The maximum atomic E-state index is 13.0. The number of aliphatic hydroxyl groups excluding tert-OH is 1. The van der Waals surface area contributed by atoms with Crippen LogP contribution < -0.4 is 16.0 Å². The standard InChI is InChI=1S/C22H29Cl2N5O2/c1-12(2)27-10-16(15-5-4-14(23)9-17(15)24)22(31)26-7-6-25-21-19-13(3)8-18(30)20(19)28-11-29-21/h4-5,9,11-13,16,18,27,30H,6-8,10H2,1-3H3,(H,26,31)(H,25,28,29)/t13-,16?,18-/m1/s1. The summed E-state index contributed by atoms with van der Waals surface area (Å²) in [5.74, 6) is 0.338. The van der Waals surface area contributed by atoms with Crippen LogP contribution in [0.2, 0.25) is 10.0 Å². The van der Waals surface area contributed by atoms with Crippen LogP contribution in [0.25, 0.3) is 0 Å². The number of hydrogen-bond acceptors (Lipinski definition) is 6. The zero-order valence-corrected chi connectivity index (χ0v) is 19.5. The molecule has 3 atom stereocenters. The van der Waals surface area contributed by atoms with Crippen LogP contribution in [0, 0.1) is 0 Å². The lowest BCUT2D eigenvalue weighted by Crippen LogP contribution is -2.39. The number of aromatic nitrogens is 2. The molecular formula is C22H29Cl2N5O2. The second-order valence-electron chi connectivity index (χ2n) is 8.17. The van der Waals surface area contributed by atoms with Gasteiger partial charge in [-0.25, -0.2) is 9.97 Å². The molecule has 1 aromatic carbocycles. The van der Waals surface area contributed by atoms with Crippen LogP contribution in [0.15, 0.2) is 24.5 Å². The summed E-state index contributed by atoms with van der Waals surface area (Å²) in [4.78, 5) is 21.5. The van der Waals surface area contributed by atoms with E-state index in [-0.39, 0.29) is 17.9 Å². The van der Waals surface area contributed by atoms with E-state index in [9.17, 15) is 9.90 Å². The van der Waals surface area contributed by atoms with Crippen LogP contribution in [0.3, 0.4) is 0 Å². The van der Waals surface area contributed by atoms with Gasteiger partial charge < -0.3 is 21.1 Å². The first-order chi connectivity index (χ1) is 14.8. The van der Waals surface area contributed by atoms with E-state index in [0.29, 0.717) is 47.6 Å². The number of carbonyl (C=O) groups excluding carboxylic acids is 1.